The van der Waals surface area contributed by atoms with Gasteiger partial charge in [0.1, 0.15) is 5.82 Å². The van der Waals surface area contributed by atoms with Crippen LogP contribution in [0, 0.1) is 11.2 Å². The van der Waals surface area contributed by atoms with Gasteiger partial charge in [0.05, 0.1) is 12.1 Å². The van der Waals surface area contributed by atoms with Gasteiger partial charge in [-0.2, -0.15) is 0 Å². The van der Waals surface area contributed by atoms with Gasteiger partial charge in [-0.3, -0.25) is 9.69 Å². The van der Waals surface area contributed by atoms with E-state index in [9.17, 15) is 9.18 Å². The Morgan fingerprint density at radius 1 is 1.22 bits per heavy atom. The summed E-state index contributed by atoms with van der Waals surface area (Å²) in [5, 5.41) is 10.6. The molecule has 1 aromatic rings. The van der Waals surface area contributed by atoms with Gasteiger partial charge in [-0.1, -0.05) is 0 Å². The van der Waals surface area contributed by atoms with Gasteiger partial charge in [0, 0.05) is 29.7 Å². The predicted octanol–water partition coefficient (Wildman–Crippen LogP) is 3.85. The average molecular weight is 319 g/mol. The molecule has 0 radical (unpaired) electrons. The van der Waals surface area contributed by atoms with Crippen molar-refractivity contribution < 1.29 is 9.18 Å². The lowest BCUT2D eigenvalue weighted by Crippen LogP contribution is -2.41. The standard InChI is InChI=1S/C18H26FN3O/c1-12(2)22(13(3)4)11-18(23)17(10-20)14(5)21-16-8-6-15(19)7-9-16/h6-10,12-13,20-21H,11H2,1-5H3/b17-14+,20-10?. The van der Waals surface area contributed by atoms with Crippen molar-refractivity contribution in [2.75, 3.05) is 11.9 Å². The number of benzene rings is 1. The van der Waals surface area contributed by atoms with E-state index in [0.717, 1.165) is 6.21 Å². The molecule has 4 nitrogen and oxygen atoms in total. The average Bonchev–Trinajstić information content (AvgIpc) is 2.47. The van der Waals surface area contributed by atoms with Gasteiger partial charge in [0.25, 0.3) is 0 Å². The van der Waals surface area contributed by atoms with E-state index >= 15 is 0 Å². The first kappa shape index (κ1) is 19.0. The summed E-state index contributed by atoms with van der Waals surface area (Å²) in [5.74, 6) is -0.417. The van der Waals surface area contributed by atoms with Crippen LogP contribution < -0.4 is 5.32 Å². The molecule has 0 aliphatic rings. The number of halogens is 1. The van der Waals surface area contributed by atoms with Crippen molar-refractivity contribution >= 4 is 17.7 Å². The molecule has 126 valence electrons. The first-order valence-electron chi connectivity index (χ1n) is 7.79. The maximum atomic E-state index is 12.9. The fourth-order valence-electron chi connectivity index (χ4n) is 2.43. The molecule has 0 spiro atoms. The summed E-state index contributed by atoms with van der Waals surface area (Å²) >= 11 is 0. The summed E-state index contributed by atoms with van der Waals surface area (Å²) in [4.78, 5) is 14.6. The second-order valence-electron chi connectivity index (χ2n) is 6.10. The molecule has 0 unspecified atom stereocenters. The molecule has 0 saturated heterocycles. The maximum absolute atomic E-state index is 12.9. The minimum absolute atomic E-state index is 0.102. The third-order valence-electron chi connectivity index (χ3n) is 3.68. The normalized spacial score (nSPS) is 12.6. The van der Waals surface area contributed by atoms with E-state index in [1.165, 1.54) is 12.1 Å². The minimum Gasteiger partial charge on any atom is -0.358 e. The molecule has 1 aromatic carbocycles. The Kier molecular flexibility index (Phi) is 7.10. The molecule has 2 N–H and O–H groups in total. The van der Waals surface area contributed by atoms with E-state index in [1.54, 1.807) is 19.1 Å². The number of hydrogen-bond donors (Lipinski definition) is 2. The van der Waals surface area contributed by atoms with E-state index in [-0.39, 0.29) is 30.2 Å². The number of nitrogens with one attached hydrogen (secondary N) is 2. The smallest absolute Gasteiger partial charge is 0.180 e. The molecule has 0 fully saturated rings. The summed E-state index contributed by atoms with van der Waals surface area (Å²) in [6, 6.07) is 6.38. The molecule has 23 heavy (non-hydrogen) atoms. The minimum atomic E-state index is -0.315. The second kappa shape index (κ2) is 8.58. The van der Waals surface area contributed by atoms with Gasteiger partial charge in [-0.25, -0.2) is 4.39 Å². The third-order valence-corrected chi connectivity index (χ3v) is 3.68. The molecule has 0 atom stereocenters. The van der Waals surface area contributed by atoms with Crippen molar-refractivity contribution in [1.82, 2.24) is 4.90 Å². The van der Waals surface area contributed by atoms with Crippen molar-refractivity contribution in [1.29, 1.82) is 5.41 Å². The van der Waals surface area contributed by atoms with Crippen LogP contribution in [0.25, 0.3) is 0 Å². The van der Waals surface area contributed by atoms with Crippen LogP contribution in [-0.4, -0.2) is 35.5 Å². The van der Waals surface area contributed by atoms with Crippen molar-refractivity contribution in [3.63, 3.8) is 0 Å². The molecule has 5 heteroatoms. The van der Waals surface area contributed by atoms with Crippen LogP contribution in [0.5, 0.6) is 0 Å². The number of anilines is 1. The molecule has 0 saturated carbocycles. The number of rotatable bonds is 8. The van der Waals surface area contributed by atoms with E-state index in [1.807, 2.05) is 27.7 Å². The summed E-state index contributed by atoms with van der Waals surface area (Å²) in [5.41, 5.74) is 1.60. The monoisotopic (exact) mass is 319 g/mol. The Morgan fingerprint density at radius 3 is 2.17 bits per heavy atom. The Bertz CT molecular complexity index is 568. The lowest BCUT2D eigenvalue weighted by atomic mass is 10.1. The van der Waals surface area contributed by atoms with Crippen LogP contribution in [0.3, 0.4) is 0 Å². The number of hydrogen-bond acceptors (Lipinski definition) is 4. The van der Waals surface area contributed by atoms with Gasteiger partial charge >= 0.3 is 0 Å². The van der Waals surface area contributed by atoms with Crippen molar-refractivity contribution in [3.05, 3.63) is 41.4 Å². The molecule has 0 aromatic heterocycles. The van der Waals surface area contributed by atoms with E-state index in [0.29, 0.717) is 17.0 Å². The van der Waals surface area contributed by atoms with Crippen LogP contribution in [0.2, 0.25) is 0 Å². The molecule has 0 aliphatic carbocycles. The lowest BCUT2D eigenvalue weighted by molar-refractivity contribution is -0.117. The number of Topliss-reactive ketones (excluding diaryl/α,β-unsaturated/α-hetero) is 1. The highest BCUT2D eigenvalue weighted by Gasteiger charge is 2.20. The zero-order valence-electron chi connectivity index (χ0n) is 14.5. The fourth-order valence-corrected chi connectivity index (χ4v) is 2.43. The fraction of sp³-hybridized carbons (Fsp3) is 0.444. The van der Waals surface area contributed by atoms with E-state index < -0.39 is 0 Å². The molecule has 0 bridgehead atoms. The summed E-state index contributed by atoms with van der Waals surface area (Å²) in [6.45, 7) is 10.2. The van der Waals surface area contributed by atoms with Crippen molar-refractivity contribution in [2.24, 2.45) is 0 Å². The Labute approximate surface area is 137 Å². The van der Waals surface area contributed by atoms with E-state index in [2.05, 4.69) is 10.2 Å². The van der Waals surface area contributed by atoms with Crippen LogP contribution in [0.15, 0.2) is 35.5 Å². The molecular formula is C18H26FN3O. The highest BCUT2D eigenvalue weighted by molar-refractivity contribution is 6.14. The highest BCUT2D eigenvalue weighted by atomic mass is 19.1. The van der Waals surface area contributed by atoms with Crippen LogP contribution in [0.1, 0.15) is 34.6 Å². The van der Waals surface area contributed by atoms with Gasteiger partial charge in [-0.05, 0) is 58.9 Å². The maximum Gasteiger partial charge on any atom is 0.180 e. The topological polar surface area (TPSA) is 56.2 Å². The van der Waals surface area contributed by atoms with Crippen molar-refractivity contribution in [3.8, 4) is 0 Å². The van der Waals surface area contributed by atoms with Gasteiger partial charge in [0.15, 0.2) is 5.78 Å². The zero-order valence-corrected chi connectivity index (χ0v) is 14.5. The third kappa shape index (κ3) is 5.60. The van der Waals surface area contributed by atoms with Crippen LogP contribution in [-0.2, 0) is 4.79 Å². The summed E-state index contributed by atoms with van der Waals surface area (Å²) in [6.07, 6.45) is 1.08. The first-order valence-corrected chi connectivity index (χ1v) is 7.79. The SMILES string of the molecule is C/C(Nc1ccc(F)cc1)=C(/C=N)C(=O)CN(C(C)C)C(C)C. The van der Waals surface area contributed by atoms with E-state index in [4.69, 9.17) is 5.41 Å². The number of allylic oxidation sites excluding steroid dienone is 1. The molecule has 0 heterocycles. The predicted molar refractivity (Wildman–Crippen MR) is 93.5 cm³/mol. The molecule has 0 aliphatic heterocycles. The number of nitrogens with zero attached hydrogens (tertiary/aromatic N) is 1. The summed E-state index contributed by atoms with van der Waals surface area (Å²) < 4.78 is 12.9. The molecule has 0 amide bonds. The molecular weight excluding hydrogens is 293 g/mol. The molecule has 1 rings (SSSR count). The number of carbonyl (C=O) groups is 1. The van der Waals surface area contributed by atoms with Gasteiger partial charge in [0.2, 0.25) is 0 Å². The van der Waals surface area contributed by atoms with Gasteiger partial charge in [-0.15, -0.1) is 0 Å². The second-order valence-corrected chi connectivity index (χ2v) is 6.10. The number of carbonyl (C=O) groups excluding carboxylic acids is 1. The lowest BCUT2D eigenvalue weighted by Gasteiger charge is -2.29. The zero-order chi connectivity index (χ0) is 17.6. The quantitative estimate of drug-likeness (QED) is 0.565. The highest BCUT2D eigenvalue weighted by Crippen LogP contribution is 2.14. The Morgan fingerprint density at radius 2 is 1.74 bits per heavy atom. The van der Waals surface area contributed by atoms with Crippen LogP contribution in [0.4, 0.5) is 10.1 Å². The summed E-state index contributed by atoms with van der Waals surface area (Å²) in [7, 11) is 0. The Hall–Kier alpha value is -2.01. The largest absolute Gasteiger partial charge is 0.358 e. The van der Waals surface area contributed by atoms with Gasteiger partial charge < -0.3 is 10.7 Å². The number of ketones is 1. The Balaban J connectivity index is 2.93. The van der Waals surface area contributed by atoms with Crippen molar-refractivity contribution in [2.45, 2.75) is 46.7 Å². The first-order chi connectivity index (χ1) is 10.8. The van der Waals surface area contributed by atoms with Crippen LogP contribution >= 0.6 is 0 Å².